The Kier molecular flexibility index (Phi) is 6.24. The lowest BCUT2D eigenvalue weighted by molar-refractivity contribution is -0.145. The van der Waals surface area contributed by atoms with Gasteiger partial charge in [0.1, 0.15) is 5.75 Å². The Labute approximate surface area is 125 Å². The van der Waals surface area contributed by atoms with E-state index in [1.54, 1.807) is 18.2 Å². The monoisotopic (exact) mass is 342 g/mol. The van der Waals surface area contributed by atoms with Gasteiger partial charge in [-0.3, -0.25) is 0 Å². The maximum atomic E-state index is 11.1. The van der Waals surface area contributed by atoms with Gasteiger partial charge in [0.25, 0.3) is 0 Å². The van der Waals surface area contributed by atoms with Gasteiger partial charge in [-0.25, -0.2) is 9.59 Å². The fraction of sp³-hybridized carbons (Fsp3) is 0.286. The Hall–Kier alpha value is -1.82. The zero-order valence-electron chi connectivity index (χ0n) is 10.9. The molecule has 1 atom stereocenters. The van der Waals surface area contributed by atoms with Crippen LogP contribution in [-0.4, -0.2) is 28.3 Å². The van der Waals surface area contributed by atoms with Gasteiger partial charge in [-0.1, -0.05) is 29.3 Å². The molecule has 5 nitrogen and oxygen atoms in total. The van der Waals surface area contributed by atoms with Crippen molar-refractivity contribution >= 4 is 33.9 Å². The van der Waals surface area contributed by atoms with E-state index in [2.05, 4.69) is 15.9 Å². The molecule has 0 fully saturated rings. The molecule has 0 saturated heterocycles. The predicted molar refractivity (Wildman–Crippen MR) is 77.8 cm³/mol. The van der Waals surface area contributed by atoms with Gasteiger partial charge in [-0.2, -0.15) is 0 Å². The number of rotatable bonds is 7. The lowest BCUT2D eigenvalue weighted by atomic mass is 10.1. The lowest BCUT2D eigenvalue weighted by Gasteiger charge is -2.16. The van der Waals surface area contributed by atoms with Gasteiger partial charge in [0.2, 0.25) is 0 Å². The van der Waals surface area contributed by atoms with Crippen LogP contribution >= 0.6 is 15.9 Å². The molecule has 0 saturated carbocycles. The van der Waals surface area contributed by atoms with Crippen molar-refractivity contribution in [1.29, 1.82) is 0 Å². The maximum absolute atomic E-state index is 11.1. The van der Waals surface area contributed by atoms with Crippen LogP contribution < -0.4 is 4.74 Å². The van der Waals surface area contributed by atoms with Crippen molar-refractivity contribution in [3.05, 3.63) is 34.3 Å². The van der Waals surface area contributed by atoms with Crippen LogP contribution in [0, 0.1) is 0 Å². The Bertz CT molecular complexity index is 524. The molecule has 0 aliphatic rings. The number of carboxylic acids is 2. The smallest absolute Gasteiger partial charge is 0.344 e. The minimum Gasteiger partial charge on any atom is -0.479 e. The molecular weight excluding hydrogens is 328 g/mol. The Morgan fingerprint density at radius 3 is 2.65 bits per heavy atom. The Balaban J connectivity index is 3.04. The minimum atomic E-state index is -1.08. The molecule has 1 unspecified atom stereocenters. The lowest BCUT2D eigenvalue weighted by Crippen LogP contribution is -2.26. The largest absolute Gasteiger partial charge is 0.479 e. The third-order valence-electron chi connectivity index (χ3n) is 2.47. The first kappa shape index (κ1) is 16.2. The van der Waals surface area contributed by atoms with E-state index in [9.17, 15) is 9.59 Å². The van der Waals surface area contributed by atoms with Crippen LogP contribution in [0.4, 0.5) is 0 Å². The van der Waals surface area contributed by atoms with Gasteiger partial charge in [-0.15, -0.1) is 0 Å². The minimum absolute atomic E-state index is 0.339. The van der Waals surface area contributed by atoms with E-state index in [1.807, 2.05) is 6.92 Å². The number of hydrogen-bond acceptors (Lipinski definition) is 3. The van der Waals surface area contributed by atoms with Crippen molar-refractivity contribution in [1.82, 2.24) is 0 Å². The number of hydrogen-bond donors (Lipinski definition) is 2. The fourth-order valence-corrected chi connectivity index (χ4v) is 1.95. The zero-order valence-corrected chi connectivity index (χ0v) is 12.5. The first-order valence-electron chi connectivity index (χ1n) is 6.04. The second-order valence-corrected chi connectivity index (χ2v) is 5.00. The Morgan fingerprint density at radius 1 is 1.40 bits per heavy atom. The molecule has 20 heavy (non-hydrogen) atoms. The standard InChI is InChI=1S/C14H15BrO5/c1-2-3-12(14(18)19)20-11-6-5-10(15)8-9(11)4-7-13(16)17/h4-8,12H,2-3H2,1H3,(H,16,17)(H,18,19)/b7-4+. The van der Waals surface area contributed by atoms with E-state index in [4.69, 9.17) is 14.9 Å². The summed E-state index contributed by atoms with van der Waals surface area (Å²) in [4.78, 5) is 21.7. The maximum Gasteiger partial charge on any atom is 0.344 e. The molecule has 1 rings (SSSR count). The van der Waals surface area contributed by atoms with Crippen molar-refractivity contribution in [3.8, 4) is 5.75 Å². The third-order valence-corrected chi connectivity index (χ3v) is 2.97. The summed E-state index contributed by atoms with van der Waals surface area (Å²) in [5, 5.41) is 17.7. The van der Waals surface area contributed by atoms with E-state index in [0.717, 1.165) is 10.5 Å². The molecule has 6 heteroatoms. The number of ether oxygens (including phenoxy) is 1. The van der Waals surface area contributed by atoms with E-state index in [1.165, 1.54) is 6.08 Å². The van der Waals surface area contributed by atoms with Gasteiger partial charge < -0.3 is 14.9 Å². The summed E-state index contributed by atoms with van der Waals surface area (Å²) < 4.78 is 6.22. The molecule has 108 valence electrons. The molecule has 1 aromatic carbocycles. The topological polar surface area (TPSA) is 83.8 Å². The van der Waals surface area contributed by atoms with E-state index < -0.39 is 18.0 Å². The molecule has 2 N–H and O–H groups in total. The van der Waals surface area contributed by atoms with E-state index in [0.29, 0.717) is 24.2 Å². The summed E-state index contributed by atoms with van der Waals surface area (Å²) in [6.45, 7) is 1.87. The fourth-order valence-electron chi connectivity index (χ4n) is 1.57. The number of carbonyl (C=O) groups is 2. The van der Waals surface area contributed by atoms with Gasteiger partial charge >= 0.3 is 11.9 Å². The summed E-state index contributed by atoms with van der Waals surface area (Å²) in [5.74, 6) is -1.78. The van der Waals surface area contributed by atoms with Crippen LogP contribution in [0.3, 0.4) is 0 Å². The first-order chi connectivity index (χ1) is 9.43. The highest BCUT2D eigenvalue weighted by Gasteiger charge is 2.19. The van der Waals surface area contributed by atoms with Crippen molar-refractivity contribution in [2.45, 2.75) is 25.9 Å². The number of carboxylic acid groups (broad SMARTS) is 2. The summed E-state index contributed by atoms with van der Waals surface area (Å²) in [6, 6.07) is 4.98. The van der Waals surface area contributed by atoms with Crippen LogP contribution in [-0.2, 0) is 9.59 Å². The van der Waals surface area contributed by atoms with Gasteiger partial charge in [0.05, 0.1) is 0 Å². The molecule has 0 aromatic heterocycles. The van der Waals surface area contributed by atoms with Crippen molar-refractivity contribution in [2.75, 3.05) is 0 Å². The SMILES string of the molecule is CCCC(Oc1ccc(Br)cc1/C=C/C(=O)O)C(=O)O. The highest BCUT2D eigenvalue weighted by atomic mass is 79.9. The van der Waals surface area contributed by atoms with Crippen LogP contribution in [0.2, 0.25) is 0 Å². The van der Waals surface area contributed by atoms with Crippen LogP contribution in [0.15, 0.2) is 28.7 Å². The number of benzene rings is 1. The number of halogens is 1. The molecular formula is C14H15BrO5. The van der Waals surface area contributed by atoms with Gasteiger partial charge in [-0.05, 0) is 30.7 Å². The van der Waals surface area contributed by atoms with Crippen molar-refractivity contribution < 1.29 is 24.5 Å². The first-order valence-corrected chi connectivity index (χ1v) is 6.83. The molecule has 0 bridgehead atoms. The summed E-state index contributed by atoms with van der Waals surface area (Å²) in [5.41, 5.74) is 0.504. The average Bonchev–Trinajstić information content (AvgIpc) is 2.37. The Morgan fingerprint density at radius 2 is 2.10 bits per heavy atom. The molecule has 0 radical (unpaired) electrons. The van der Waals surface area contributed by atoms with Crippen LogP contribution in [0.5, 0.6) is 5.75 Å². The number of aliphatic carboxylic acids is 2. The zero-order chi connectivity index (χ0) is 15.1. The van der Waals surface area contributed by atoms with Crippen LogP contribution in [0.25, 0.3) is 6.08 Å². The third kappa shape index (κ3) is 5.05. The van der Waals surface area contributed by atoms with Gasteiger partial charge in [0, 0.05) is 16.1 Å². The molecule has 0 heterocycles. The highest BCUT2D eigenvalue weighted by molar-refractivity contribution is 9.10. The van der Waals surface area contributed by atoms with E-state index >= 15 is 0 Å². The molecule has 0 amide bonds. The summed E-state index contributed by atoms with van der Waals surface area (Å²) in [6.07, 6.45) is 2.46. The highest BCUT2D eigenvalue weighted by Crippen LogP contribution is 2.26. The summed E-state index contributed by atoms with van der Waals surface area (Å²) >= 11 is 3.28. The van der Waals surface area contributed by atoms with Crippen LogP contribution in [0.1, 0.15) is 25.3 Å². The second kappa shape index (κ2) is 7.69. The van der Waals surface area contributed by atoms with Crippen molar-refractivity contribution in [2.24, 2.45) is 0 Å². The van der Waals surface area contributed by atoms with Gasteiger partial charge in [0.15, 0.2) is 6.10 Å². The van der Waals surface area contributed by atoms with Crippen molar-refractivity contribution in [3.63, 3.8) is 0 Å². The normalized spacial score (nSPS) is 12.3. The van der Waals surface area contributed by atoms with E-state index in [-0.39, 0.29) is 0 Å². The quantitative estimate of drug-likeness (QED) is 0.743. The average molecular weight is 343 g/mol. The second-order valence-electron chi connectivity index (χ2n) is 4.09. The molecule has 0 aliphatic carbocycles. The molecule has 0 aliphatic heterocycles. The summed E-state index contributed by atoms with van der Waals surface area (Å²) in [7, 11) is 0. The molecule has 0 spiro atoms. The predicted octanol–water partition coefficient (Wildman–Crippen LogP) is 3.18. The molecule has 1 aromatic rings.